The Hall–Kier alpha value is -1.88. The van der Waals surface area contributed by atoms with Crippen molar-refractivity contribution in [3.05, 3.63) is 35.2 Å². The molecule has 5 nitrogen and oxygen atoms in total. The highest BCUT2D eigenvalue weighted by atomic mass is 35.5. The zero-order valence-corrected chi connectivity index (χ0v) is 10.6. The largest absolute Gasteiger partial charge is 0.480 e. The van der Waals surface area contributed by atoms with Crippen LogP contribution in [0, 0.1) is 0 Å². The Morgan fingerprint density at radius 3 is 2.44 bits per heavy atom. The van der Waals surface area contributed by atoms with Gasteiger partial charge in [-0.2, -0.15) is 0 Å². The van der Waals surface area contributed by atoms with E-state index in [9.17, 15) is 4.79 Å². The molecule has 0 radical (unpaired) electrons. The van der Waals surface area contributed by atoms with Gasteiger partial charge in [-0.1, -0.05) is 11.6 Å². The second-order valence-corrected chi connectivity index (χ2v) is 4.79. The quantitative estimate of drug-likeness (QED) is 0.924. The fraction of sp³-hybridized carbons (Fsp3) is 0.250. The summed E-state index contributed by atoms with van der Waals surface area (Å²) in [5.74, 6) is -0.676. The standard InChI is InChI=1S/C12H11ClN2O3/c1-12(2,11(16)17)10-15-14-9(18-10)7-3-5-8(13)6-4-7/h3-6H,1-2H3,(H,16,17). The van der Waals surface area contributed by atoms with Crippen LogP contribution in [0.25, 0.3) is 11.5 Å². The summed E-state index contributed by atoms with van der Waals surface area (Å²) in [7, 11) is 0. The molecule has 6 heteroatoms. The zero-order valence-electron chi connectivity index (χ0n) is 9.85. The highest BCUT2D eigenvalue weighted by Gasteiger charge is 2.35. The third-order valence-corrected chi connectivity index (χ3v) is 2.84. The van der Waals surface area contributed by atoms with Crippen LogP contribution < -0.4 is 0 Å². The van der Waals surface area contributed by atoms with Crippen LogP contribution in [0.1, 0.15) is 19.7 Å². The van der Waals surface area contributed by atoms with Gasteiger partial charge in [0.1, 0.15) is 5.41 Å². The molecule has 2 rings (SSSR count). The number of rotatable bonds is 3. The molecular formula is C12H11ClN2O3. The van der Waals surface area contributed by atoms with Gasteiger partial charge in [0.2, 0.25) is 11.8 Å². The topological polar surface area (TPSA) is 76.2 Å². The van der Waals surface area contributed by atoms with E-state index in [0.29, 0.717) is 10.6 Å². The predicted octanol–water partition coefficient (Wildman–Crippen LogP) is 2.75. The minimum atomic E-state index is -1.21. The van der Waals surface area contributed by atoms with Crippen molar-refractivity contribution in [1.29, 1.82) is 0 Å². The Balaban J connectivity index is 2.37. The Bertz CT molecular complexity index is 575. The van der Waals surface area contributed by atoms with E-state index < -0.39 is 11.4 Å². The lowest BCUT2D eigenvalue weighted by Crippen LogP contribution is -2.28. The molecular weight excluding hydrogens is 256 g/mol. The number of nitrogens with zero attached hydrogens (tertiary/aromatic N) is 2. The molecule has 1 aromatic carbocycles. The van der Waals surface area contributed by atoms with Crippen molar-refractivity contribution in [3.63, 3.8) is 0 Å². The second-order valence-electron chi connectivity index (χ2n) is 4.35. The van der Waals surface area contributed by atoms with Crippen molar-refractivity contribution in [3.8, 4) is 11.5 Å². The fourth-order valence-electron chi connectivity index (χ4n) is 1.28. The highest BCUT2D eigenvalue weighted by Crippen LogP contribution is 2.26. The Kier molecular flexibility index (Phi) is 3.09. The van der Waals surface area contributed by atoms with Gasteiger partial charge >= 0.3 is 5.97 Å². The maximum Gasteiger partial charge on any atom is 0.318 e. The summed E-state index contributed by atoms with van der Waals surface area (Å²) < 4.78 is 5.39. The van der Waals surface area contributed by atoms with Crippen LogP contribution in [-0.2, 0) is 10.2 Å². The van der Waals surface area contributed by atoms with Gasteiger partial charge in [-0.15, -0.1) is 10.2 Å². The van der Waals surface area contributed by atoms with Gasteiger partial charge in [0, 0.05) is 10.6 Å². The van der Waals surface area contributed by atoms with E-state index in [-0.39, 0.29) is 11.8 Å². The summed E-state index contributed by atoms with van der Waals surface area (Å²) in [5, 5.41) is 17.3. The van der Waals surface area contributed by atoms with Crippen molar-refractivity contribution < 1.29 is 14.3 Å². The molecule has 2 aromatic rings. The van der Waals surface area contributed by atoms with Crippen LogP contribution in [0.15, 0.2) is 28.7 Å². The summed E-state index contributed by atoms with van der Waals surface area (Å²) in [6.07, 6.45) is 0. The number of hydrogen-bond acceptors (Lipinski definition) is 4. The molecule has 0 saturated heterocycles. The molecule has 1 N–H and O–H groups in total. The smallest absolute Gasteiger partial charge is 0.318 e. The molecule has 18 heavy (non-hydrogen) atoms. The Morgan fingerprint density at radius 2 is 1.89 bits per heavy atom. The number of benzene rings is 1. The Labute approximate surface area is 108 Å². The Morgan fingerprint density at radius 1 is 1.28 bits per heavy atom. The van der Waals surface area contributed by atoms with Crippen LogP contribution in [0.2, 0.25) is 5.02 Å². The molecule has 0 fully saturated rings. The van der Waals surface area contributed by atoms with Crippen molar-refractivity contribution >= 4 is 17.6 Å². The van der Waals surface area contributed by atoms with Crippen LogP contribution in [0.4, 0.5) is 0 Å². The first-order valence-corrected chi connectivity index (χ1v) is 5.62. The number of hydrogen-bond donors (Lipinski definition) is 1. The number of halogens is 1. The molecule has 1 aromatic heterocycles. The molecule has 0 aliphatic heterocycles. The van der Waals surface area contributed by atoms with Gasteiger partial charge < -0.3 is 9.52 Å². The second kappa shape index (κ2) is 4.42. The van der Waals surface area contributed by atoms with Crippen molar-refractivity contribution in [2.45, 2.75) is 19.3 Å². The van der Waals surface area contributed by atoms with Gasteiger partial charge in [0.15, 0.2) is 0 Å². The van der Waals surface area contributed by atoms with E-state index >= 15 is 0 Å². The van der Waals surface area contributed by atoms with E-state index in [1.165, 1.54) is 13.8 Å². The lowest BCUT2D eigenvalue weighted by Gasteiger charge is -2.12. The monoisotopic (exact) mass is 266 g/mol. The van der Waals surface area contributed by atoms with E-state index in [0.717, 1.165) is 0 Å². The lowest BCUT2D eigenvalue weighted by molar-refractivity contribution is -0.143. The van der Waals surface area contributed by atoms with Crippen molar-refractivity contribution in [2.75, 3.05) is 0 Å². The number of carbonyl (C=O) groups is 1. The summed E-state index contributed by atoms with van der Waals surface area (Å²) in [6, 6.07) is 6.85. The van der Waals surface area contributed by atoms with Crippen LogP contribution in [0.5, 0.6) is 0 Å². The number of carboxylic acid groups (broad SMARTS) is 1. The number of aromatic nitrogens is 2. The summed E-state index contributed by atoms with van der Waals surface area (Å²) >= 11 is 5.77. The van der Waals surface area contributed by atoms with Gasteiger partial charge in [-0.05, 0) is 38.1 Å². The number of aliphatic carboxylic acids is 1. The highest BCUT2D eigenvalue weighted by molar-refractivity contribution is 6.30. The molecule has 0 atom stereocenters. The SMILES string of the molecule is CC(C)(C(=O)O)c1nnc(-c2ccc(Cl)cc2)o1. The fourth-order valence-corrected chi connectivity index (χ4v) is 1.40. The average Bonchev–Trinajstić information content (AvgIpc) is 2.79. The molecule has 0 aliphatic carbocycles. The molecule has 0 unspecified atom stereocenters. The van der Waals surface area contributed by atoms with E-state index in [1.807, 2.05) is 0 Å². The zero-order chi connectivity index (χ0) is 13.3. The molecule has 1 heterocycles. The third-order valence-electron chi connectivity index (χ3n) is 2.59. The maximum atomic E-state index is 11.1. The van der Waals surface area contributed by atoms with Crippen molar-refractivity contribution in [2.24, 2.45) is 0 Å². The van der Waals surface area contributed by atoms with Crippen LogP contribution in [0.3, 0.4) is 0 Å². The number of carboxylic acids is 1. The van der Waals surface area contributed by atoms with Crippen molar-refractivity contribution in [1.82, 2.24) is 10.2 Å². The van der Waals surface area contributed by atoms with Crippen LogP contribution >= 0.6 is 11.6 Å². The summed E-state index contributed by atoms with van der Waals surface area (Å²) in [6.45, 7) is 3.02. The van der Waals surface area contributed by atoms with Gasteiger partial charge in [0.25, 0.3) is 0 Å². The van der Waals surface area contributed by atoms with E-state index in [1.54, 1.807) is 24.3 Å². The van der Waals surface area contributed by atoms with Gasteiger partial charge in [0.05, 0.1) is 0 Å². The average molecular weight is 267 g/mol. The van der Waals surface area contributed by atoms with E-state index in [2.05, 4.69) is 10.2 Å². The molecule has 0 spiro atoms. The molecule has 0 aliphatic rings. The lowest BCUT2D eigenvalue weighted by atomic mass is 9.94. The summed E-state index contributed by atoms with van der Waals surface area (Å²) in [5.41, 5.74) is -0.517. The normalized spacial score (nSPS) is 11.5. The predicted molar refractivity (Wildman–Crippen MR) is 65.4 cm³/mol. The van der Waals surface area contributed by atoms with Gasteiger partial charge in [-0.3, -0.25) is 4.79 Å². The van der Waals surface area contributed by atoms with Crippen LogP contribution in [-0.4, -0.2) is 21.3 Å². The molecule has 0 bridgehead atoms. The minimum Gasteiger partial charge on any atom is -0.480 e. The first-order valence-electron chi connectivity index (χ1n) is 5.24. The van der Waals surface area contributed by atoms with Gasteiger partial charge in [-0.25, -0.2) is 0 Å². The first kappa shape index (κ1) is 12.6. The molecule has 0 saturated carbocycles. The molecule has 94 valence electrons. The van der Waals surface area contributed by atoms with E-state index in [4.69, 9.17) is 21.1 Å². The molecule has 0 amide bonds. The third kappa shape index (κ3) is 2.22. The summed E-state index contributed by atoms with van der Waals surface area (Å²) in [4.78, 5) is 11.1. The maximum absolute atomic E-state index is 11.1. The first-order chi connectivity index (χ1) is 8.41. The minimum absolute atomic E-state index is 0.0694.